The van der Waals surface area contributed by atoms with Gasteiger partial charge in [-0.2, -0.15) is 0 Å². The average molecular weight is 511 g/mol. The normalized spacial score (nSPS) is 11.3. The maximum absolute atomic E-state index is 13.1. The molecule has 1 aromatic heterocycles. The second-order valence-corrected chi connectivity index (χ2v) is 9.95. The van der Waals surface area contributed by atoms with Crippen LogP contribution in [0.3, 0.4) is 0 Å². The van der Waals surface area contributed by atoms with Crippen LogP contribution >= 0.6 is 15.9 Å². The van der Waals surface area contributed by atoms with Crippen molar-refractivity contribution in [3.63, 3.8) is 0 Å². The summed E-state index contributed by atoms with van der Waals surface area (Å²) in [6, 6.07) is 17.9. The Balaban J connectivity index is 1.86. The Morgan fingerprint density at radius 2 is 1.67 bits per heavy atom. The zero-order valence-electron chi connectivity index (χ0n) is 19.9. The van der Waals surface area contributed by atoms with Crippen LogP contribution in [0.2, 0.25) is 0 Å². The summed E-state index contributed by atoms with van der Waals surface area (Å²) in [6.45, 7) is 9.98. The van der Waals surface area contributed by atoms with Crippen molar-refractivity contribution in [1.29, 1.82) is 0 Å². The predicted octanol–water partition coefficient (Wildman–Crippen LogP) is 6.41. The lowest BCUT2D eigenvalue weighted by Crippen LogP contribution is -2.28. The topological polar surface area (TPSA) is 60.3 Å². The summed E-state index contributed by atoms with van der Waals surface area (Å²) >= 11 is 3.52. The number of para-hydroxylation sites is 1. The van der Waals surface area contributed by atoms with E-state index in [1.54, 1.807) is 0 Å². The molecule has 2 aromatic carbocycles. The molecule has 0 bridgehead atoms. The summed E-state index contributed by atoms with van der Waals surface area (Å²) in [5.74, 6) is 0. The van der Waals surface area contributed by atoms with E-state index < -0.39 is 11.7 Å². The molecule has 0 aliphatic rings. The summed E-state index contributed by atoms with van der Waals surface area (Å²) in [6.07, 6.45) is 0.854. The molecule has 1 N–H and O–H groups in total. The van der Waals surface area contributed by atoms with Crippen molar-refractivity contribution in [2.24, 2.45) is 0 Å². The van der Waals surface area contributed by atoms with Gasteiger partial charge in [-0.3, -0.25) is 10.1 Å². The number of carbonyl (C=O) groups excluding carboxylic acids is 1. The number of halogens is 1. The van der Waals surface area contributed by atoms with Gasteiger partial charge in [0.05, 0.1) is 4.47 Å². The number of hydrogen-bond acceptors (Lipinski definition) is 3. The van der Waals surface area contributed by atoms with E-state index in [1.807, 2.05) is 81.7 Å². The molecule has 174 valence electrons. The number of rotatable bonds is 6. The SMILES string of the molecule is Cc1c(Cc2ccccc2)c(C)n(CCc2ccccc2NC(=O)OC(C)(C)C)c(=O)c1Br. The Morgan fingerprint density at radius 1 is 1.03 bits per heavy atom. The number of benzene rings is 2. The first-order chi connectivity index (χ1) is 15.6. The first kappa shape index (κ1) is 24.8. The van der Waals surface area contributed by atoms with Gasteiger partial charge in [-0.05, 0) is 91.7 Å². The Hall–Kier alpha value is -2.86. The summed E-state index contributed by atoms with van der Waals surface area (Å²) in [4.78, 5) is 25.4. The minimum absolute atomic E-state index is 0.0422. The molecule has 1 amide bonds. The Morgan fingerprint density at radius 3 is 2.33 bits per heavy atom. The molecular weight excluding hydrogens is 480 g/mol. The summed E-state index contributed by atoms with van der Waals surface area (Å²) < 4.78 is 7.80. The molecule has 33 heavy (non-hydrogen) atoms. The number of nitrogens with one attached hydrogen (secondary N) is 1. The van der Waals surface area contributed by atoms with Gasteiger partial charge in [-0.15, -0.1) is 0 Å². The average Bonchev–Trinajstić information content (AvgIpc) is 2.76. The highest BCUT2D eigenvalue weighted by Gasteiger charge is 2.18. The first-order valence-corrected chi connectivity index (χ1v) is 11.9. The van der Waals surface area contributed by atoms with Crippen LogP contribution in [0.1, 0.15) is 48.7 Å². The molecule has 0 unspecified atom stereocenters. The van der Waals surface area contributed by atoms with Crippen LogP contribution in [0.4, 0.5) is 10.5 Å². The molecule has 1 heterocycles. The zero-order chi connectivity index (χ0) is 24.2. The minimum atomic E-state index is -0.577. The number of aromatic nitrogens is 1. The highest BCUT2D eigenvalue weighted by atomic mass is 79.9. The zero-order valence-corrected chi connectivity index (χ0v) is 21.5. The molecule has 0 saturated carbocycles. The van der Waals surface area contributed by atoms with E-state index in [1.165, 1.54) is 5.56 Å². The molecule has 0 radical (unpaired) electrons. The highest BCUT2D eigenvalue weighted by molar-refractivity contribution is 9.10. The predicted molar refractivity (Wildman–Crippen MR) is 137 cm³/mol. The van der Waals surface area contributed by atoms with Gasteiger partial charge >= 0.3 is 6.09 Å². The lowest BCUT2D eigenvalue weighted by Gasteiger charge is -2.21. The maximum Gasteiger partial charge on any atom is 0.412 e. The minimum Gasteiger partial charge on any atom is -0.444 e. The van der Waals surface area contributed by atoms with Gasteiger partial charge in [-0.25, -0.2) is 4.79 Å². The quantitative estimate of drug-likeness (QED) is 0.416. The van der Waals surface area contributed by atoms with E-state index in [4.69, 9.17) is 4.74 Å². The number of carbonyl (C=O) groups is 1. The van der Waals surface area contributed by atoms with Crippen molar-refractivity contribution in [3.8, 4) is 0 Å². The number of aryl methyl sites for hydroxylation is 1. The number of pyridine rings is 1. The van der Waals surface area contributed by atoms with E-state index in [-0.39, 0.29) is 5.56 Å². The van der Waals surface area contributed by atoms with Gasteiger partial charge < -0.3 is 9.30 Å². The maximum atomic E-state index is 13.1. The van der Waals surface area contributed by atoms with Gasteiger partial charge in [0.2, 0.25) is 0 Å². The fourth-order valence-electron chi connectivity index (χ4n) is 3.83. The van der Waals surface area contributed by atoms with E-state index in [0.717, 1.165) is 28.8 Å². The van der Waals surface area contributed by atoms with E-state index >= 15 is 0 Å². The number of ether oxygens (including phenoxy) is 1. The fourth-order valence-corrected chi connectivity index (χ4v) is 4.29. The molecule has 0 atom stereocenters. The van der Waals surface area contributed by atoms with Crippen LogP contribution in [0, 0.1) is 13.8 Å². The molecule has 0 aliphatic carbocycles. The third-order valence-electron chi connectivity index (χ3n) is 5.54. The van der Waals surface area contributed by atoms with Crippen LogP contribution < -0.4 is 10.9 Å². The van der Waals surface area contributed by atoms with Gasteiger partial charge in [0.25, 0.3) is 5.56 Å². The lowest BCUT2D eigenvalue weighted by atomic mass is 9.99. The third-order valence-corrected chi connectivity index (χ3v) is 6.47. The summed E-state index contributed by atoms with van der Waals surface area (Å²) in [5, 5.41) is 2.84. The van der Waals surface area contributed by atoms with Crippen molar-refractivity contribution in [1.82, 2.24) is 4.57 Å². The van der Waals surface area contributed by atoms with Crippen LogP contribution in [0.15, 0.2) is 63.9 Å². The third kappa shape index (κ3) is 6.35. The van der Waals surface area contributed by atoms with Crippen molar-refractivity contribution >= 4 is 27.7 Å². The smallest absolute Gasteiger partial charge is 0.412 e. The number of hydrogen-bond donors (Lipinski definition) is 1. The van der Waals surface area contributed by atoms with Crippen LogP contribution in [0.25, 0.3) is 0 Å². The van der Waals surface area contributed by atoms with E-state index in [9.17, 15) is 9.59 Å². The largest absolute Gasteiger partial charge is 0.444 e. The molecule has 6 heteroatoms. The Labute approximate surface area is 203 Å². The Bertz CT molecular complexity index is 1190. The second-order valence-electron chi connectivity index (χ2n) is 9.16. The standard InChI is InChI=1S/C27H31BrN2O3/c1-18-22(17-20-11-7-6-8-12-20)19(2)30(25(31)24(18)28)16-15-21-13-9-10-14-23(21)29-26(32)33-27(3,4)5/h6-14H,15-17H2,1-5H3,(H,29,32). The second kappa shape index (κ2) is 10.4. The molecule has 3 aromatic rings. The van der Waals surface area contributed by atoms with Crippen molar-refractivity contribution in [2.75, 3.05) is 5.32 Å². The van der Waals surface area contributed by atoms with Crippen LogP contribution in [0.5, 0.6) is 0 Å². The fraction of sp³-hybridized carbons (Fsp3) is 0.333. The molecule has 0 fully saturated rings. The summed E-state index contributed by atoms with van der Waals surface area (Å²) in [7, 11) is 0. The molecule has 0 spiro atoms. The van der Waals surface area contributed by atoms with Gasteiger partial charge in [0, 0.05) is 17.9 Å². The Kier molecular flexibility index (Phi) is 7.80. The monoisotopic (exact) mass is 510 g/mol. The molecule has 0 aliphatic heterocycles. The lowest BCUT2D eigenvalue weighted by molar-refractivity contribution is 0.0635. The van der Waals surface area contributed by atoms with Crippen molar-refractivity contribution in [2.45, 2.75) is 59.6 Å². The molecule has 3 rings (SSSR count). The van der Waals surface area contributed by atoms with E-state index in [2.05, 4.69) is 33.4 Å². The van der Waals surface area contributed by atoms with Gasteiger partial charge in [-0.1, -0.05) is 48.5 Å². The van der Waals surface area contributed by atoms with Crippen LogP contribution in [-0.2, 0) is 24.1 Å². The van der Waals surface area contributed by atoms with Crippen LogP contribution in [-0.4, -0.2) is 16.3 Å². The summed E-state index contributed by atoms with van der Waals surface area (Å²) in [5.41, 5.74) is 5.29. The molecule has 5 nitrogen and oxygen atoms in total. The number of anilines is 1. The highest BCUT2D eigenvalue weighted by Crippen LogP contribution is 2.24. The van der Waals surface area contributed by atoms with Crippen molar-refractivity contribution in [3.05, 3.63) is 97.4 Å². The first-order valence-electron chi connectivity index (χ1n) is 11.1. The number of nitrogens with zero attached hydrogens (tertiary/aromatic N) is 1. The molecular formula is C27H31BrN2O3. The van der Waals surface area contributed by atoms with Gasteiger partial charge in [0.15, 0.2) is 0 Å². The van der Waals surface area contributed by atoms with Gasteiger partial charge in [0.1, 0.15) is 5.60 Å². The molecule has 0 saturated heterocycles. The number of amides is 1. The van der Waals surface area contributed by atoms with Crippen molar-refractivity contribution < 1.29 is 9.53 Å². The van der Waals surface area contributed by atoms with E-state index in [0.29, 0.717) is 23.1 Å².